The van der Waals surface area contributed by atoms with Crippen LogP contribution in [0.5, 0.6) is 0 Å². The van der Waals surface area contributed by atoms with Crippen LogP contribution in [-0.2, 0) is 0 Å². The van der Waals surface area contributed by atoms with Crippen LogP contribution in [0.4, 0.5) is 0 Å². The fraction of sp³-hybridized carbons (Fsp3) is 1.00. The van der Waals surface area contributed by atoms with Crippen molar-refractivity contribution in [3.8, 4) is 0 Å². The van der Waals surface area contributed by atoms with Gasteiger partial charge in [0.15, 0.2) is 0 Å². The van der Waals surface area contributed by atoms with E-state index in [1.54, 1.807) is 6.42 Å². The second kappa shape index (κ2) is 5.10. The summed E-state index contributed by atoms with van der Waals surface area (Å²) >= 11 is 0. The predicted octanol–water partition coefficient (Wildman–Crippen LogP) is 5.13. The SMILES string of the molecule is CC(C)C1CCC2CCCCC2C1C(C)C. The van der Waals surface area contributed by atoms with E-state index in [0.29, 0.717) is 0 Å². The molecular weight excluding hydrogens is 192 g/mol. The largest absolute Gasteiger partial charge is 0.0625 e. The molecule has 0 nitrogen and oxygen atoms in total. The Morgan fingerprint density at radius 1 is 0.750 bits per heavy atom. The van der Waals surface area contributed by atoms with E-state index in [-0.39, 0.29) is 0 Å². The van der Waals surface area contributed by atoms with Gasteiger partial charge in [0.05, 0.1) is 0 Å². The van der Waals surface area contributed by atoms with Gasteiger partial charge in [-0.1, -0.05) is 47.0 Å². The average Bonchev–Trinajstić information content (AvgIpc) is 2.27. The van der Waals surface area contributed by atoms with Gasteiger partial charge in [0.1, 0.15) is 0 Å². The molecule has 2 aliphatic carbocycles. The summed E-state index contributed by atoms with van der Waals surface area (Å²) in [6.45, 7) is 9.83. The summed E-state index contributed by atoms with van der Waals surface area (Å²) in [7, 11) is 0. The van der Waals surface area contributed by atoms with E-state index < -0.39 is 0 Å². The van der Waals surface area contributed by atoms with E-state index in [4.69, 9.17) is 0 Å². The van der Waals surface area contributed by atoms with E-state index in [0.717, 1.165) is 35.5 Å². The Labute approximate surface area is 102 Å². The molecule has 4 unspecified atom stereocenters. The molecule has 0 radical (unpaired) electrons. The topological polar surface area (TPSA) is 0 Å². The van der Waals surface area contributed by atoms with Crippen molar-refractivity contribution in [3.05, 3.63) is 0 Å². The molecule has 0 aromatic heterocycles. The highest BCUT2D eigenvalue weighted by Gasteiger charge is 2.42. The molecule has 0 heteroatoms. The molecule has 16 heavy (non-hydrogen) atoms. The van der Waals surface area contributed by atoms with Crippen LogP contribution in [0, 0.1) is 35.5 Å². The minimum atomic E-state index is 0.898. The standard InChI is InChI=1S/C16H30/c1-11(2)14-10-9-13-7-5-6-8-15(13)16(14)12(3)4/h11-16H,5-10H2,1-4H3. The number of hydrogen-bond donors (Lipinski definition) is 0. The maximum absolute atomic E-state index is 2.47. The van der Waals surface area contributed by atoms with Gasteiger partial charge < -0.3 is 0 Å². The lowest BCUT2D eigenvalue weighted by molar-refractivity contribution is 0.00609. The number of rotatable bonds is 2. The van der Waals surface area contributed by atoms with Crippen LogP contribution < -0.4 is 0 Å². The molecule has 0 heterocycles. The quantitative estimate of drug-likeness (QED) is 0.607. The third-order valence-corrected chi connectivity index (χ3v) is 5.45. The van der Waals surface area contributed by atoms with Crippen LogP contribution in [0.15, 0.2) is 0 Å². The van der Waals surface area contributed by atoms with Gasteiger partial charge in [-0.25, -0.2) is 0 Å². The van der Waals surface area contributed by atoms with Crippen LogP contribution in [0.25, 0.3) is 0 Å². The third kappa shape index (κ3) is 2.31. The highest BCUT2D eigenvalue weighted by molar-refractivity contribution is 4.91. The lowest BCUT2D eigenvalue weighted by Gasteiger charge is -2.49. The molecule has 0 spiro atoms. The van der Waals surface area contributed by atoms with Crippen molar-refractivity contribution in [3.63, 3.8) is 0 Å². The van der Waals surface area contributed by atoms with E-state index in [1.165, 1.54) is 32.1 Å². The molecule has 2 fully saturated rings. The lowest BCUT2D eigenvalue weighted by atomic mass is 9.56. The van der Waals surface area contributed by atoms with E-state index in [2.05, 4.69) is 27.7 Å². The summed E-state index contributed by atoms with van der Waals surface area (Å²) in [5.41, 5.74) is 0. The molecule has 0 aliphatic heterocycles. The molecule has 0 aromatic rings. The molecule has 0 N–H and O–H groups in total. The van der Waals surface area contributed by atoms with Gasteiger partial charge in [-0.3, -0.25) is 0 Å². The summed E-state index contributed by atoms with van der Waals surface area (Å²) in [6, 6.07) is 0. The van der Waals surface area contributed by atoms with Crippen molar-refractivity contribution in [1.82, 2.24) is 0 Å². The van der Waals surface area contributed by atoms with Crippen LogP contribution in [-0.4, -0.2) is 0 Å². The minimum absolute atomic E-state index is 0.898. The average molecular weight is 222 g/mol. The third-order valence-electron chi connectivity index (χ3n) is 5.45. The van der Waals surface area contributed by atoms with Crippen LogP contribution in [0.2, 0.25) is 0 Å². The minimum Gasteiger partial charge on any atom is -0.0625 e. The van der Waals surface area contributed by atoms with Crippen LogP contribution in [0.3, 0.4) is 0 Å². The van der Waals surface area contributed by atoms with Gasteiger partial charge >= 0.3 is 0 Å². The van der Waals surface area contributed by atoms with Crippen LogP contribution >= 0.6 is 0 Å². The second-order valence-electron chi connectivity index (χ2n) is 7.01. The van der Waals surface area contributed by atoms with E-state index in [1.807, 2.05) is 0 Å². The first kappa shape index (κ1) is 12.5. The maximum Gasteiger partial charge on any atom is -0.0329 e. The van der Waals surface area contributed by atoms with Crippen molar-refractivity contribution >= 4 is 0 Å². The molecule has 2 rings (SSSR count). The molecule has 2 aliphatic rings. The van der Waals surface area contributed by atoms with Crippen LogP contribution in [0.1, 0.15) is 66.2 Å². The molecule has 0 bridgehead atoms. The molecular formula is C16H30. The zero-order chi connectivity index (χ0) is 11.7. The Bertz CT molecular complexity index is 216. The Kier molecular flexibility index (Phi) is 3.97. The van der Waals surface area contributed by atoms with Gasteiger partial charge in [0.25, 0.3) is 0 Å². The molecule has 0 aromatic carbocycles. The summed E-state index contributed by atoms with van der Waals surface area (Å²) in [4.78, 5) is 0. The Morgan fingerprint density at radius 3 is 2.06 bits per heavy atom. The van der Waals surface area contributed by atoms with E-state index in [9.17, 15) is 0 Å². The van der Waals surface area contributed by atoms with Gasteiger partial charge in [-0.2, -0.15) is 0 Å². The van der Waals surface area contributed by atoms with Gasteiger partial charge in [0, 0.05) is 0 Å². The summed E-state index contributed by atoms with van der Waals surface area (Å²) in [6.07, 6.45) is 9.15. The molecule has 0 amide bonds. The number of fused-ring (bicyclic) bond motifs is 1. The fourth-order valence-electron chi connectivity index (χ4n) is 4.78. The van der Waals surface area contributed by atoms with Crippen molar-refractivity contribution in [2.75, 3.05) is 0 Å². The highest BCUT2D eigenvalue weighted by atomic mass is 14.5. The van der Waals surface area contributed by atoms with E-state index >= 15 is 0 Å². The first-order chi connectivity index (χ1) is 7.61. The summed E-state index contributed by atoms with van der Waals surface area (Å²) in [5, 5.41) is 0. The predicted molar refractivity (Wildman–Crippen MR) is 71.3 cm³/mol. The zero-order valence-electron chi connectivity index (χ0n) is 11.7. The fourth-order valence-corrected chi connectivity index (χ4v) is 4.78. The van der Waals surface area contributed by atoms with Gasteiger partial charge in [-0.15, -0.1) is 0 Å². The maximum atomic E-state index is 2.47. The van der Waals surface area contributed by atoms with Crippen molar-refractivity contribution in [2.45, 2.75) is 66.2 Å². The Morgan fingerprint density at radius 2 is 1.44 bits per heavy atom. The molecule has 0 saturated heterocycles. The lowest BCUT2D eigenvalue weighted by Crippen LogP contribution is -2.41. The first-order valence-corrected chi connectivity index (χ1v) is 7.61. The summed E-state index contributed by atoms with van der Waals surface area (Å²) < 4.78 is 0. The second-order valence-corrected chi connectivity index (χ2v) is 7.01. The first-order valence-electron chi connectivity index (χ1n) is 7.61. The monoisotopic (exact) mass is 222 g/mol. The molecule has 2 saturated carbocycles. The van der Waals surface area contributed by atoms with Gasteiger partial charge in [-0.05, 0) is 54.8 Å². The van der Waals surface area contributed by atoms with Crippen molar-refractivity contribution < 1.29 is 0 Å². The van der Waals surface area contributed by atoms with Crippen molar-refractivity contribution in [2.24, 2.45) is 35.5 Å². The molecule has 94 valence electrons. The highest BCUT2D eigenvalue weighted by Crippen LogP contribution is 2.50. The Hall–Kier alpha value is 0. The smallest absolute Gasteiger partial charge is 0.0329 e. The normalized spacial score (nSPS) is 40.1. The number of hydrogen-bond acceptors (Lipinski definition) is 0. The van der Waals surface area contributed by atoms with Crippen molar-refractivity contribution in [1.29, 1.82) is 0 Å². The summed E-state index contributed by atoms with van der Waals surface area (Å²) in [5.74, 6) is 6.01. The zero-order valence-corrected chi connectivity index (χ0v) is 11.7. The van der Waals surface area contributed by atoms with Gasteiger partial charge in [0.2, 0.25) is 0 Å². The Balaban J connectivity index is 2.14. The molecule has 4 atom stereocenters.